The smallest absolute Gasteiger partial charge is 0.264 e. The van der Waals surface area contributed by atoms with Crippen LogP contribution in [0.3, 0.4) is 0 Å². The van der Waals surface area contributed by atoms with Gasteiger partial charge in [-0.05, 0) is 123 Å². The van der Waals surface area contributed by atoms with Crippen LogP contribution in [-0.4, -0.2) is 99.1 Å². The van der Waals surface area contributed by atoms with E-state index in [1.807, 2.05) is 73.7 Å². The zero-order chi connectivity index (χ0) is 45.3. The second kappa shape index (κ2) is 19.0. The van der Waals surface area contributed by atoms with Crippen molar-refractivity contribution < 1.29 is 38.8 Å². The maximum absolute atomic E-state index is 15.5. The second-order valence-electron chi connectivity index (χ2n) is 18.2. The molecule has 3 amide bonds. The Morgan fingerprint density at radius 3 is 2.41 bits per heavy atom. The van der Waals surface area contributed by atoms with E-state index >= 15 is 4.79 Å². The summed E-state index contributed by atoms with van der Waals surface area (Å²) in [5, 5.41) is 24.5. The first-order valence-corrected chi connectivity index (χ1v) is 26.2. The molecule has 14 heteroatoms. The molecule has 4 aliphatic rings. The molecule has 4 aromatic carbocycles. The molecule has 0 saturated carbocycles. The Balaban J connectivity index is 1.11. The minimum atomic E-state index is -2.53. The van der Waals surface area contributed by atoms with E-state index in [9.17, 15) is 19.8 Å². The topological polar surface area (TPSA) is 141 Å². The Bertz CT molecular complexity index is 2350. The van der Waals surface area contributed by atoms with E-state index in [1.54, 1.807) is 27.9 Å². The van der Waals surface area contributed by atoms with Crippen LogP contribution in [0.4, 0.5) is 17.1 Å². The van der Waals surface area contributed by atoms with Crippen molar-refractivity contribution in [3.05, 3.63) is 107 Å². The zero-order valence-corrected chi connectivity index (χ0v) is 39.3. The number of aliphatic hydroxyl groups excluding tert-OH is 2. The van der Waals surface area contributed by atoms with Gasteiger partial charge in [-0.1, -0.05) is 61.1 Å². The number of hydrogen-bond donors (Lipinski definition) is 3. The summed E-state index contributed by atoms with van der Waals surface area (Å²) in [4.78, 5) is 49.2. The predicted octanol–water partition coefficient (Wildman–Crippen LogP) is 6.84. The number of nitrogens with zero attached hydrogens (tertiary/aromatic N) is 3. The Labute approximate surface area is 382 Å². The number of anilines is 3. The number of methoxy groups -OCH3 is 1. The molecule has 2 saturated heterocycles. The van der Waals surface area contributed by atoms with E-state index in [4.69, 9.17) is 25.8 Å². The number of carbonyl (C=O) groups is 3. The number of halogens is 1. The van der Waals surface area contributed by atoms with Crippen LogP contribution in [-0.2, 0) is 37.7 Å². The highest BCUT2D eigenvalue weighted by atomic mass is 35.5. The fraction of sp³-hybridized carbons (Fsp3) is 0.460. The highest BCUT2D eigenvalue weighted by Gasteiger charge is 2.66. The number of fused-ring (bicyclic) bond motifs is 3. The molecule has 0 radical (unpaired) electrons. The molecule has 1 unspecified atom stereocenters. The number of benzene rings is 4. The number of nitrogens with one attached hydrogen (secondary N) is 1. The van der Waals surface area contributed by atoms with Gasteiger partial charge >= 0.3 is 0 Å². The lowest BCUT2D eigenvalue weighted by Gasteiger charge is -2.37. The first-order valence-electron chi connectivity index (χ1n) is 22.7. The van der Waals surface area contributed by atoms with Gasteiger partial charge in [0, 0.05) is 35.3 Å². The summed E-state index contributed by atoms with van der Waals surface area (Å²) in [6.07, 6.45) is 3.02. The van der Waals surface area contributed by atoms with Crippen molar-refractivity contribution in [1.29, 1.82) is 0 Å². The van der Waals surface area contributed by atoms with Crippen molar-refractivity contribution in [2.75, 3.05) is 49.8 Å². The van der Waals surface area contributed by atoms with Crippen molar-refractivity contribution in [2.45, 2.75) is 101 Å². The fourth-order valence-corrected chi connectivity index (χ4v) is 15.1. The predicted molar refractivity (Wildman–Crippen MR) is 252 cm³/mol. The third-order valence-corrected chi connectivity index (χ3v) is 18.7. The van der Waals surface area contributed by atoms with Crippen molar-refractivity contribution >= 4 is 59.6 Å². The molecule has 340 valence electrons. The molecule has 12 nitrogen and oxygen atoms in total. The van der Waals surface area contributed by atoms with Crippen LogP contribution in [0.1, 0.15) is 62.6 Å². The molecular weight excluding hydrogens is 848 g/mol. The SMILES string of the molecule is CCOc1ccc2c(c1)CC(NCCCCO)C(=O)N2c1ccc(CN2C(=O)[C@]3(O[C@H](CC(=O)N4CCC[C@H]4CO)[C@@H]([Si](C)(C)c4ccc(OC)cc4)[C@@H]3C)c3cc(Cl)ccc32)cc1. The molecule has 2 fully saturated rings. The van der Waals surface area contributed by atoms with Gasteiger partial charge in [0.1, 0.15) is 11.5 Å². The van der Waals surface area contributed by atoms with Gasteiger partial charge < -0.3 is 39.5 Å². The highest BCUT2D eigenvalue weighted by molar-refractivity contribution is 6.91. The number of amides is 3. The summed E-state index contributed by atoms with van der Waals surface area (Å²) in [5.74, 6) is 0.830. The molecule has 0 aliphatic carbocycles. The van der Waals surface area contributed by atoms with Crippen molar-refractivity contribution in [1.82, 2.24) is 10.2 Å². The summed E-state index contributed by atoms with van der Waals surface area (Å²) in [6, 6.07) is 26.6. The molecule has 64 heavy (non-hydrogen) atoms. The zero-order valence-electron chi connectivity index (χ0n) is 37.5. The number of likely N-dealkylation sites (tertiary alicyclic amines) is 1. The molecule has 8 rings (SSSR count). The van der Waals surface area contributed by atoms with E-state index in [-0.39, 0.29) is 61.4 Å². The van der Waals surface area contributed by atoms with Gasteiger partial charge in [-0.15, -0.1) is 0 Å². The lowest BCUT2D eigenvalue weighted by Crippen LogP contribution is -2.52. The number of hydrogen-bond acceptors (Lipinski definition) is 9. The molecular formula is C50H61ClN4O8Si. The second-order valence-corrected chi connectivity index (χ2v) is 23.3. The van der Waals surface area contributed by atoms with E-state index in [2.05, 4.69) is 37.5 Å². The van der Waals surface area contributed by atoms with Crippen LogP contribution in [0.2, 0.25) is 23.7 Å². The Morgan fingerprint density at radius 1 is 0.969 bits per heavy atom. The minimum absolute atomic E-state index is 0.0661. The lowest BCUT2D eigenvalue weighted by atomic mass is 9.82. The third kappa shape index (κ3) is 8.35. The quantitative estimate of drug-likeness (QED) is 0.0815. The monoisotopic (exact) mass is 908 g/mol. The van der Waals surface area contributed by atoms with Gasteiger partial charge in [0.15, 0.2) is 5.60 Å². The van der Waals surface area contributed by atoms with E-state index in [0.29, 0.717) is 54.5 Å². The van der Waals surface area contributed by atoms with Crippen LogP contribution >= 0.6 is 11.6 Å². The van der Waals surface area contributed by atoms with E-state index in [0.717, 1.165) is 47.6 Å². The number of rotatable bonds is 16. The van der Waals surface area contributed by atoms with Gasteiger partial charge in [0.25, 0.3) is 5.91 Å². The molecule has 0 aromatic heterocycles. The van der Waals surface area contributed by atoms with E-state index in [1.165, 1.54) is 5.19 Å². The largest absolute Gasteiger partial charge is 0.497 e. The van der Waals surface area contributed by atoms with Crippen LogP contribution in [0, 0.1) is 5.92 Å². The standard InChI is InChI=1S/C50H61ClN4O8Si/c1-6-62-39-18-22-43-34(26-39)27-42(52-23-7-8-25-56)48(59)55(43)36-14-11-33(12-15-36)30-54-44-21-13-35(51)28-41(44)50(49(54)60)32(2)47(64(4,5)40-19-16-38(61-3)17-20-40)45(63-50)29-46(58)53-24-9-10-37(53)31-57/h11-22,26,28,32,37,42,45,47,52,56-57H,6-10,23-25,27,29-31H2,1-5H3/t32-,37-,42?,45+,47-,50+/m0/s1. The van der Waals surface area contributed by atoms with Crippen molar-refractivity contribution in [3.63, 3.8) is 0 Å². The fourth-order valence-electron chi connectivity index (χ4n) is 10.9. The Kier molecular flexibility index (Phi) is 13.6. The molecule has 4 aromatic rings. The number of aliphatic hydroxyl groups is 2. The maximum atomic E-state index is 15.5. The third-order valence-electron chi connectivity index (χ3n) is 14.1. The molecule has 4 aliphatic heterocycles. The van der Waals surface area contributed by atoms with Gasteiger partial charge in [-0.3, -0.25) is 19.3 Å². The average molecular weight is 910 g/mol. The summed E-state index contributed by atoms with van der Waals surface area (Å²) < 4.78 is 18.6. The Morgan fingerprint density at radius 2 is 1.70 bits per heavy atom. The van der Waals surface area contributed by atoms with Crippen LogP contribution in [0.25, 0.3) is 0 Å². The van der Waals surface area contributed by atoms with Crippen LogP contribution in [0.15, 0.2) is 84.9 Å². The molecule has 3 N–H and O–H groups in total. The normalized spacial score (nSPS) is 24.1. The van der Waals surface area contributed by atoms with E-state index < -0.39 is 25.8 Å². The first kappa shape index (κ1) is 45.8. The van der Waals surface area contributed by atoms with Gasteiger partial charge in [-0.25, -0.2) is 0 Å². The molecule has 6 atom stereocenters. The summed E-state index contributed by atoms with van der Waals surface area (Å²) in [7, 11) is -0.884. The lowest BCUT2D eigenvalue weighted by molar-refractivity contribution is -0.150. The highest BCUT2D eigenvalue weighted by Crippen LogP contribution is 2.60. The van der Waals surface area contributed by atoms with Gasteiger partial charge in [-0.2, -0.15) is 0 Å². The van der Waals surface area contributed by atoms with Crippen molar-refractivity contribution in [2.24, 2.45) is 5.92 Å². The Hall–Kier alpha value is -4.76. The summed E-state index contributed by atoms with van der Waals surface area (Å²) in [6.45, 7) is 10.6. The van der Waals surface area contributed by atoms with Gasteiger partial charge in [0.2, 0.25) is 11.8 Å². The first-order chi connectivity index (χ1) is 30.9. The minimum Gasteiger partial charge on any atom is -0.497 e. The summed E-state index contributed by atoms with van der Waals surface area (Å²) in [5.41, 5.74) is 3.19. The number of ether oxygens (including phenoxy) is 3. The summed E-state index contributed by atoms with van der Waals surface area (Å²) >= 11 is 6.77. The van der Waals surface area contributed by atoms with Crippen LogP contribution in [0.5, 0.6) is 11.5 Å². The maximum Gasteiger partial charge on any atom is 0.264 e. The number of unbranched alkanes of at least 4 members (excludes halogenated alkanes) is 1. The van der Waals surface area contributed by atoms with Crippen molar-refractivity contribution in [3.8, 4) is 11.5 Å². The van der Waals surface area contributed by atoms with Gasteiger partial charge in [0.05, 0.1) is 70.9 Å². The molecule has 1 spiro atoms. The average Bonchev–Trinajstić information content (AvgIpc) is 3.96. The van der Waals surface area contributed by atoms with Crippen LogP contribution < -0.4 is 29.8 Å². The molecule has 0 bridgehead atoms. The molecule has 4 heterocycles. The number of carbonyl (C=O) groups excluding carboxylic acids is 3.